The van der Waals surface area contributed by atoms with Gasteiger partial charge in [-0.25, -0.2) is 13.6 Å². The summed E-state index contributed by atoms with van der Waals surface area (Å²) in [5.74, 6) is -3.95. The standard InChI is InChI=1S/C27H33F2N4O8PS/c1-41-27(37)32-12-17(28)19(13-32)31-24(34)20-8-7-16-4-2-3-5-18(26(36)33(16)20)30-25(35)22-11-15-10-14(6-9-21(15)43-22)23(29)42(38,39)40/h6,9-11,16-20,23H,2-5,7-8,12-13H2,1H3,(H,30,35)(H,31,34)(H2,38,39,40)/t16-,17-,18-,19-,20-,23?/m0/s1. The summed E-state index contributed by atoms with van der Waals surface area (Å²) in [5, 5.41) is 5.88. The lowest BCUT2D eigenvalue weighted by Crippen LogP contribution is -2.57. The topological polar surface area (TPSA) is 166 Å². The quantitative estimate of drug-likeness (QED) is 0.349. The summed E-state index contributed by atoms with van der Waals surface area (Å²) in [5.41, 5.74) is -0.208. The average Bonchev–Trinajstić information content (AvgIpc) is 3.68. The van der Waals surface area contributed by atoms with Gasteiger partial charge in [-0.15, -0.1) is 11.3 Å². The lowest BCUT2D eigenvalue weighted by molar-refractivity contribution is -0.143. The maximum atomic E-state index is 14.6. The summed E-state index contributed by atoms with van der Waals surface area (Å²) in [6.45, 7) is -0.261. The van der Waals surface area contributed by atoms with E-state index in [0.717, 1.165) is 17.8 Å². The van der Waals surface area contributed by atoms with E-state index in [4.69, 9.17) is 0 Å². The molecule has 16 heteroatoms. The van der Waals surface area contributed by atoms with Gasteiger partial charge in [0.05, 0.1) is 24.6 Å². The van der Waals surface area contributed by atoms with Crippen LogP contribution in [0, 0.1) is 0 Å². The number of rotatable bonds is 6. The van der Waals surface area contributed by atoms with Crippen LogP contribution in [0.2, 0.25) is 0 Å². The molecule has 3 fully saturated rings. The summed E-state index contributed by atoms with van der Waals surface area (Å²) in [4.78, 5) is 73.4. The highest BCUT2D eigenvalue weighted by Crippen LogP contribution is 2.53. The van der Waals surface area contributed by atoms with Crippen molar-refractivity contribution in [1.29, 1.82) is 0 Å². The molecule has 12 nitrogen and oxygen atoms in total. The maximum absolute atomic E-state index is 14.6. The van der Waals surface area contributed by atoms with E-state index in [2.05, 4.69) is 15.4 Å². The van der Waals surface area contributed by atoms with Gasteiger partial charge in [-0.3, -0.25) is 18.9 Å². The Kier molecular flexibility index (Phi) is 9.07. The maximum Gasteiger partial charge on any atom is 0.409 e. The van der Waals surface area contributed by atoms with Gasteiger partial charge in [-0.1, -0.05) is 18.9 Å². The summed E-state index contributed by atoms with van der Waals surface area (Å²) in [6.07, 6.45) is 1.32. The summed E-state index contributed by atoms with van der Waals surface area (Å²) >= 11 is 1.09. The number of hydrogen-bond acceptors (Lipinski definition) is 7. The van der Waals surface area contributed by atoms with Crippen LogP contribution in [0.3, 0.4) is 0 Å². The minimum absolute atomic E-state index is 0.0513. The molecule has 4 amide bonds. The van der Waals surface area contributed by atoms with Crippen LogP contribution in [-0.2, 0) is 18.9 Å². The molecule has 1 unspecified atom stereocenters. The van der Waals surface area contributed by atoms with Crippen molar-refractivity contribution in [2.45, 2.75) is 74.8 Å². The van der Waals surface area contributed by atoms with Crippen molar-refractivity contribution in [2.75, 3.05) is 20.2 Å². The molecule has 3 saturated heterocycles. The molecule has 0 bridgehead atoms. The van der Waals surface area contributed by atoms with E-state index < -0.39 is 61.6 Å². The second-order valence-electron chi connectivity index (χ2n) is 11.1. The van der Waals surface area contributed by atoms with Gasteiger partial charge in [0.15, 0.2) is 0 Å². The van der Waals surface area contributed by atoms with Gasteiger partial charge < -0.3 is 35.0 Å². The summed E-state index contributed by atoms with van der Waals surface area (Å²) in [7, 11) is -3.81. The van der Waals surface area contributed by atoms with Crippen molar-refractivity contribution in [2.24, 2.45) is 0 Å². The third kappa shape index (κ3) is 6.54. The van der Waals surface area contributed by atoms with E-state index >= 15 is 0 Å². The van der Waals surface area contributed by atoms with E-state index in [-0.39, 0.29) is 29.6 Å². The molecule has 3 aliphatic heterocycles. The molecule has 0 spiro atoms. The van der Waals surface area contributed by atoms with Gasteiger partial charge in [0, 0.05) is 17.3 Å². The van der Waals surface area contributed by atoms with Crippen molar-refractivity contribution in [3.05, 3.63) is 34.7 Å². The van der Waals surface area contributed by atoms with Gasteiger partial charge >= 0.3 is 13.7 Å². The SMILES string of the molecule is COC(=O)N1C[C@H](NC(=O)[C@@H]2CC[C@@H]3CCCC[C@H](NC(=O)c4cc5cc(C(F)P(=O)(O)O)ccc5s4)C(=O)N32)[C@@H](F)C1. The Balaban J connectivity index is 1.29. The second-order valence-corrected chi connectivity index (χ2v) is 13.9. The van der Waals surface area contributed by atoms with Crippen molar-refractivity contribution in [3.8, 4) is 0 Å². The van der Waals surface area contributed by atoms with Crippen molar-refractivity contribution < 1.29 is 47.0 Å². The fourth-order valence-corrected chi connectivity index (χ4v) is 7.62. The van der Waals surface area contributed by atoms with Crippen LogP contribution < -0.4 is 10.6 Å². The van der Waals surface area contributed by atoms with E-state index in [9.17, 15) is 42.3 Å². The first-order valence-corrected chi connectivity index (χ1v) is 16.5. The number of halogens is 2. The lowest BCUT2D eigenvalue weighted by Gasteiger charge is -2.35. The van der Waals surface area contributed by atoms with Crippen LogP contribution in [0.15, 0.2) is 24.3 Å². The number of carbonyl (C=O) groups is 4. The zero-order valence-corrected chi connectivity index (χ0v) is 25.0. The van der Waals surface area contributed by atoms with Crippen molar-refractivity contribution >= 4 is 52.8 Å². The fraction of sp³-hybridized carbons (Fsp3) is 0.556. The van der Waals surface area contributed by atoms with Crippen LogP contribution in [-0.4, -0.2) is 93.9 Å². The Bertz CT molecular complexity index is 1470. The highest BCUT2D eigenvalue weighted by Gasteiger charge is 2.46. The van der Waals surface area contributed by atoms with E-state index in [1.54, 1.807) is 0 Å². The number of methoxy groups -OCH3 is 1. The molecule has 0 saturated carbocycles. The molecule has 0 radical (unpaired) electrons. The molecule has 0 aliphatic carbocycles. The van der Waals surface area contributed by atoms with Gasteiger partial charge in [-0.05, 0) is 54.8 Å². The second kappa shape index (κ2) is 12.5. The fourth-order valence-electron chi connectivity index (χ4n) is 6.13. The Morgan fingerprint density at radius 3 is 2.56 bits per heavy atom. The third-order valence-corrected chi connectivity index (χ3v) is 10.3. The largest absolute Gasteiger partial charge is 0.453 e. The van der Waals surface area contributed by atoms with Crippen LogP contribution in [0.4, 0.5) is 13.6 Å². The zero-order valence-electron chi connectivity index (χ0n) is 23.3. The molecule has 1 aromatic carbocycles. The number of nitrogens with zero attached hydrogens (tertiary/aromatic N) is 2. The van der Waals surface area contributed by atoms with Gasteiger partial charge in [0.25, 0.3) is 5.91 Å². The molecule has 1 aromatic heterocycles. The molecule has 234 valence electrons. The number of nitrogens with one attached hydrogen (secondary N) is 2. The van der Waals surface area contributed by atoms with Crippen LogP contribution >= 0.6 is 18.9 Å². The van der Waals surface area contributed by atoms with Gasteiger partial charge in [-0.2, -0.15) is 0 Å². The van der Waals surface area contributed by atoms with Crippen molar-refractivity contribution in [1.82, 2.24) is 20.4 Å². The number of amides is 4. The predicted octanol–water partition coefficient (Wildman–Crippen LogP) is 2.98. The van der Waals surface area contributed by atoms with E-state index in [1.807, 2.05) is 0 Å². The van der Waals surface area contributed by atoms with Crippen LogP contribution in [0.1, 0.15) is 59.7 Å². The first kappa shape index (κ1) is 31.3. The van der Waals surface area contributed by atoms with Gasteiger partial charge in [0.1, 0.15) is 18.3 Å². The van der Waals surface area contributed by atoms with Crippen LogP contribution in [0.5, 0.6) is 0 Å². The molecule has 3 aliphatic rings. The molecule has 5 rings (SSSR count). The molecule has 6 atom stereocenters. The monoisotopic (exact) mass is 642 g/mol. The minimum atomic E-state index is -5.00. The minimum Gasteiger partial charge on any atom is -0.453 e. The van der Waals surface area contributed by atoms with Gasteiger partial charge in [0.2, 0.25) is 17.7 Å². The number of carbonyl (C=O) groups excluding carboxylic acids is 4. The number of benzene rings is 1. The highest BCUT2D eigenvalue weighted by atomic mass is 32.1. The Morgan fingerprint density at radius 2 is 1.84 bits per heavy atom. The van der Waals surface area contributed by atoms with E-state index in [0.29, 0.717) is 42.2 Å². The Morgan fingerprint density at radius 1 is 1.09 bits per heavy atom. The molecule has 43 heavy (non-hydrogen) atoms. The first-order valence-electron chi connectivity index (χ1n) is 14.0. The predicted molar refractivity (Wildman–Crippen MR) is 152 cm³/mol. The number of likely N-dealkylation sites (tertiary alicyclic amines) is 1. The zero-order chi connectivity index (χ0) is 31.1. The molecular formula is C27H33F2N4O8PS. The number of alkyl halides is 2. The number of hydrogen-bond donors (Lipinski definition) is 4. The molecule has 4 N–H and O–H groups in total. The number of fused-ring (bicyclic) bond motifs is 2. The third-order valence-electron chi connectivity index (χ3n) is 8.29. The molecule has 4 heterocycles. The normalized spacial score (nSPS) is 26.9. The number of thiophene rings is 1. The molecule has 2 aromatic rings. The summed E-state index contributed by atoms with van der Waals surface area (Å²) in [6, 6.07) is 2.58. The summed E-state index contributed by atoms with van der Waals surface area (Å²) < 4.78 is 45.4. The average molecular weight is 643 g/mol. The van der Waals surface area contributed by atoms with Crippen molar-refractivity contribution in [3.63, 3.8) is 0 Å². The molecular weight excluding hydrogens is 609 g/mol. The van der Waals surface area contributed by atoms with Crippen LogP contribution in [0.25, 0.3) is 10.1 Å². The lowest BCUT2D eigenvalue weighted by atomic mass is 9.99. The smallest absolute Gasteiger partial charge is 0.409 e. The number of ether oxygens (including phenoxy) is 1. The highest BCUT2D eigenvalue weighted by molar-refractivity contribution is 7.51. The first-order chi connectivity index (χ1) is 20.4. The van der Waals surface area contributed by atoms with E-state index in [1.165, 1.54) is 41.2 Å². The Hall–Kier alpha value is -3.13. The Labute approximate surface area is 249 Å².